The molecule has 0 aliphatic heterocycles. The third-order valence-electron chi connectivity index (χ3n) is 3.20. The Morgan fingerprint density at radius 2 is 2.00 bits per heavy atom. The van der Waals surface area contributed by atoms with Gasteiger partial charge in [-0.05, 0) is 32.1 Å². The fourth-order valence-electron chi connectivity index (χ4n) is 1.43. The van der Waals surface area contributed by atoms with Crippen LogP contribution in [0.2, 0.25) is 0 Å². The number of aliphatic carboxylic acids is 1. The van der Waals surface area contributed by atoms with Gasteiger partial charge in [0, 0.05) is 6.42 Å². The lowest BCUT2D eigenvalue weighted by atomic mass is 10.1. The summed E-state index contributed by atoms with van der Waals surface area (Å²) < 4.78 is 22.1. The summed E-state index contributed by atoms with van der Waals surface area (Å²) in [5.41, 5.74) is -0.486. The predicted molar refractivity (Wildman–Crippen MR) is 57.4 cm³/mol. The van der Waals surface area contributed by atoms with E-state index in [1.165, 1.54) is 13.8 Å². The molecule has 0 aromatic carbocycles. The number of sulfone groups is 1. The Morgan fingerprint density at radius 1 is 1.50 bits per heavy atom. The molecule has 1 saturated carbocycles. The summed E-state index contributed by atoms with van der Waals surface area (Å²) in [4.78, 5) is 10.9. The lowest BCUT2D eigenvalue weighted by molar-refractivity contribution is -0.139. The molecule has 1 aliphatic carbocycles. The molecule has 1 N–H and O–H groups in total. The third-order valence-corrected chi connectivity index (χ3v) is 5.92. The highest BCUT2D eigenvalue weighted by atomic mass is 32.2. The van der Waals surface area contributed by atoms with Gasteiger partial charge in [-0.2, -0.15) is 5.26 Å². The van der Waals surface area contributed by atoms with Crippen molar-refractivity contribution < 1.29 is 18.3 Å². The molecule has 5 nitrogen and oxygen atoms in total. The molecule has 1 rings (SSSR count). The summed E-state index contributed by atoms with van der Waals surface area (Å²) in [6.07, 6.45) is 1.56. The van der Waals surface area contributed by atoms with E-state index in [1.807, 2.05) is 6.07 Å². The van der Waals surface area contributed by atoms with Crippen LogP contribution in [0.25, 0.3) is 0 Å². The van der Waals surface area contributed by atoms with E-state index in [4.69, 9.17) is 10.4 Å². The highest BCUT2D eigenvalue weighted by molar-refractivity contribution is 7.93. The summed E-state index contributed by atoms with van der Waals surface area (Å²) in [7, 11) is -3.73. The van der Waals surface area contributed by atoms with Crippen molar-refractivity contribution in [3.8, 4) is 6.07 Å². The standard InChI is InChI=1S/C10H15NO4S/c1-9(2,8(12)13)16(14,15)7-10(3-4-10)5-6-11/h3-5,7H2,1-2H3,(H,12,13). The molecule has 0 saturated heterocycles. The van der Waals surface area contributed by atoms with Gasteiger partial charge in [-0.3, -0.25) is 4.79 Å². The quantitative estimate of drug-likeness (QED) is 0.778. The second-order valence-electron chi connectivity index (χ2n) is 4.91. The van der Waals surface area contributed by atoms with Crippen LogP contribution in [0.3, 0.4) is 0 Å². The second kappa shape index (κ2) is 3.74. The zero-order chi connectivity index (χ0) is 12.6. The molecule has 90 valence electrons. The van der Waals surface area contributed by atoms with Crippen molar-refractivity contribution >= 4 is 15.8 Å². The fourth-order valence-corrected chi connectivity index (χ4v) is 3.26. The van der Waals surface area contributed by atoms with E-state index < -0.39 is 26.0 Å². The summed E-state index contributed by atoms with van der Waals surface area (Å²) in [6, 6.07) is 1.96. The van der Waals surface area contributed by atoms with Crippen LogP contribution in [0.15, 0.2) is 0 Å². The van der Waals surface area contributed by atoms with Gasteiger partial charge in [0.15, 0.2) is 14.6 Å². The Morgan fingerprint density at radius 3 is 2.31 bits per heavy atom. The van der Waals surface area contributed by atoms with Crippen LogP contribution in [0.4, 0.5) is 0 Å². The van der Waals surface area contributed by atoms with E-state index in [0.717, 1.165) is 0 Å². The van der Waals surface area contributed by atoms with Crippen molar-refractivity contribution in [2.24, 2.45) is 5.41 Å². The Kier molecular flexibility index (Phi) is 3.03. The highest BCUT2D eigenvalue weighted by Gasteiger charge is 2.51. The van der Waals surface area contributed by atoms with Crippen LogP contribution in [-0.4, -0.2) is 30.0 Å². The lowest BCUT2D eigenvalue weighted by Crippen LogP contribution is -2.43. The first-order chi connectivity index (χ1) is 7.17. The minimum absolute atomic E-state index is 0.182. The summed E-state index contributed by atoms with van der Waals surface area (Å²) in [6.45, 7) is 2.38. The largest absolute Gasteiger partial charge is 0.480 e. The van der Waals surface area contributed by atoms with Crippen molar-refractivity contribution in [2.75, 3.05) is 5.75 Å². The maximum Gasteiger partial charge on any atom is 0.324 e. The van der Waals surface area contributed by atoms with Gasteiger partial charge in [0.1, 0.15) is 0 Å². The van der Waals surface area contributed by atoms with Gasteiger partial charge in [0.2, 0.25) is 0 Å². The van der Waals surface area contributed by atoms with E-state index in [1.54, 1.807) is 0 Å². The summed E-state index contributed by atoms with van der Waals surface area (Å²) in [5.74, 6) is -1.55. The monoisotopic (exact) mass is 245 g/mol. The molecule has 1 aliphatic rings. The molecule has 0 heterocycles. The molecular weight excluding hydrogens is 230 g/mol. The Labute approximate surface area is 95.0 Å². The number of nitrogens with zero attached hydrogens (tertiary/aromatic N) is 1. The van der Waals surface area contributed by atoms with Crippen molar-refractivity contribution in [3.05, 3.63) is 0 Å². The van der Waals surface area contributed by atoms with Gasteiger partial charge < -0.3 is 5.11 Å². The van der Waals surface area contributed by atoms with Gasteiger partial charge in [-0.25, -0.2) is 8.42 Å². The zero-order valence-corrected chi connectivity index (χ0v) is 10.2. The Bertz CT molecular complexity index is 440. The molecule has 0 bridgehead atoms. The van der Waals surface area contributed by atoms with E-state index in [9.17, 15) is 13.2 Å². The molecule has 0 amide bonds. The minimum atomic E-state index is -3.73. The molecule has 1 fully saturated rings. The van der Waals surface area contributed by atoms with Crippen molar-refractivity contribution in [2.45, 2.75) is 37.9 Å². The molecule has 0 radical (unpaired) electrons. The zero-order valence-electron chi connectivity index (χ0n) is 9.36. The normalized spacial score (nSPS) is 18.8. The smallest absolute Gasteiger partial charge is 0.324 e. The predicted octanol–water partition coefficient (Wildman–Crippen LogP) is 0.958. The average molecular weight is 245 g/mol. The summed E-state index contributed by atoms with van der Waals surface area (Å²) >= 11 is 0. The van der Waals surface area contributed by atoms with Gasteiger partial charge in [0.05, 0.1) is 11.8 Å². The highest BCUT2D eigenvalue weighted by Crippen LogP contribution is 2.50. The topological polar surface area (TPSA) is 95.2 Å². The number of carboxylic acid groups (broad SMARTS) is 1. The number of nitriles is 1. The fraction of sp³-hybridized carbons (Fsp3) is 0.800. The van der Waals surface area contributed by atoms with Crippen molar-refractivity contribution in [1.82, 2.24) is 0 Å². The van der Waals surface area contributed by atoms with Gasteiger partial charge in [-0.1, -0.05) is 0 Å². The number of carbonyl (C=O) groups is 1. The molecule has 0 aromatic heterocycles. The van der Waals surface area contributed by atoms with E-state index >= 15 is 0 Å². The number of carboxylic acids is 1. The van der Waals surface area contributed by atoms with E-state index in [-0.39, 0.29) is 12.2 Å². The van der Waals surface area contributed by atoms with E-state index in [2.05, 4.69) is 0 Å². The molecule has 0 unspecified atom stereocenters. The first-order valence-corrected chi connectivity index (χ1v) is 6.65. The van der Waals surface area contributed by atoms with Crippen molar-refractivity contribution in [1.29, 1.82) is 5.26 Å². The van der Waals surface area contributed by atoms with Gasteiger partial charge in [0.25, 0.3) is 0 Å². The van der Waals surface area contributed by atoms with E-state index in [0.29, 0.717) is 12.8 Å². The number of hydrogen-bond donors (Lipinski definition) is 1. The maximum absolute atomic E-state index is 11.9. The third kappa shape index (κ3) is 2.19. The average Bonchev–Trinajstić information content (AvgIpc) is 2.83. The van der Waals surface area contributed by atoms with Crippen LogP contribution < -0.4 is 0 Å². The molecule has 6 heteroatoms. The van der Waals surface area contributed by atoms with Gasteiger partial charge >= 0.3 is 5.97 Å². The minimum Gasteiger partial charge on any atom is -0.480 e. The van der Waals surface area contributed by atoms with Crippen LogP contribution in [0.1, 0.15) is 33.1 Å². The van der Waals surface area contributed by atoms with Crippen LogP contribution in [0.5, 0.6) is 0 Å². The maximum atomic E-state index is 11.9. The van der Waals surface area contributed by atoms with Crippen LogP contribution >= 0.6 is 0 Å². The molecule has 0 spiro atoms. The number of hydrogen-bond acceptors (Lipinski definition) is 4. The van der Waals surface area contributed by atoms with Gasteiger partial charge in [-0.15, -0.1) is 0 Å². The summed E-state index contributed by atoms with van der Waals surface area (Å²) in [5, 5.41) is 17.5. The second-order valence-corrected chi connectivity index (χ2v) is 7.45. The Balaban J connectivity index is 2.90. The lowest BCUT2D eigenvalue weighted by Gasteiger charge is -2.22. The first kappa shape index (κ1) is 13.0. The van der Waals surface area contributed by atoms with Crippen molar-refractivity contribution in [3.63, 3.8) is 0 Å². The molecule has 0 aromatic rings. The SMILES string of the molecule is CC(C)(C(=O)O)S(=O)(=O)CC1(CC#N)CC1. The molecular formula is C10H15NO4S. The van der Waals surface area contributed by atoms with Crippen LogP contribution in [0, 0.1) is 16.7 Å². The Hall–Kier alpha value is -1.09. The number of rotatable bonds is 5. The molecule has 16 heavy (non-hydrogen) atoms. The molecule has 0 atom stereocenters. The van der Waals surface area contributed by atoms with Crippen LogP contribution in [-0.2, 0) is 14.6 Å². The first-order valence-electron chi connectivity index (χ1n) is 5.00.